The molecule has 0 aliphatic carbocycles. The molecule has 0 saturated carbocycles. The fraction of sp³-hybridized carbons (Fsp3) is 0.692. The summed E-state index contributed by atoms with van der Waals surface area (Å²) in [7, 11) is 1.86. The molecule has 0 unspecified atom stereocenters. The average Bonchev–Trinajstić information content (AvgIpc) is 2.68. The maximum absolute atomic E-state index is 12.5. The van der Waals surface area contributed by atoms with Gasteiger partial charge in [0.2, 0.25) is 5.91 Å². The van der Waals surface area contributed by atoms with Gasteiger partial charge >= 0.3 is 0 Å². The molecule has 0 radical (unpaired) electrons. The van der Waals surface area contributed by atoms with Crippen molar-refractivity contribution >= 4 is 11.6 Å². The highest BCUT2D eigenvalue weighted by molar-refractivity contribution is 5.95. The average molecular weight is 250 g/mol. The first-order chi connectivity index (χ1) is 8.57. The Morgan fingerprint density at radius 2 is 2.22 bits per heavy atom. The fourth-order valence-electron chi connectivity index (χ4n) is 2.62. The summed E-state index contributed by atoms with van der Waals surface area (Å²) in [5, 5.41) is 10.6. The summed E-state index contributed by atoms with van der Waals surface area (Å²) in [6.45, 7) is 5.86. The maximum Gasteiger partial charge on any atom is 0.230 e. The number of nitrogens with zero attached hydrogens (tertiary/aromatic N) is 2. The Morgan fingerprint density at radius 1 is 1.56 bits per heavy atom. The van der Waals surface area contributed by atoms with E-state index in [1.165, 1.54) is 0 Å². The van der Waals surface area contributed by atoms with E-state index in [4.69, 9.17) is 0 Å². The number of hydrogen-bond acceptors (Lipinski definition) is 3. The largest absolute Gasteiger partial charge is 0.323 e. The molecule has 1 fully saturated rings. The molecule has 2 N–H and O–H groups in total. The minimum Gasteiger partial charge on any atom is -0.323 e. The molecule has 5 nitrogen and oxygen atoms in total. The molecule has 18 heavy (non-hydrogen) atoms. The van der Waals surface area contributed by atoms with Crippen LogP contribution in [0.25, 0.3) is 0 Å². The van der Waals surface area contributed by atoms with E-state index in [0.717, 1.165) is 43.7 Å². The summed E-state index contributed by atoms with van der Waals surface area (Å²) in [5.74, 6) is 0.141. The van der Waals surface area contributed by atoms with Crippen molar-refractivity contribution in [1.82, 2.24) is 15.1 Å². The Bertz CT molecular complexity index is 432. The third-order valence-electron chi connectivity index (χ3n) is 3.98. The van der Waals surface area contributed by atoms with Crippen LogP contribution in [0.2, 0.25) is 0 Å². The molecule has 1 aliphatic heterocycles. The smallest absolute Gasteiger partial charge is 0.230 e. The second-order valence-electron chi connectivity index (χ2n) is 5.14. The van der Waals surface area contributed by atoms with Crippen LogP contribution in [0.3, 0.4) is 0 Å². The second-order valence-corrected chi connectivity index (χ2v) is 5.14. The van der Waals surface area contributed by atoms with Crippen molar-refractivity contribution in [1.29, 1.82) is 0 Å². The summed E-state index contributed by atoms with van der Waals surface area (Å²) in [5.41, 5.74) is 1.48. The number of carbonyl (C=O) groups is 1. The van der Waals surface area contributed by atoms with Gasteiger partial charge in [0.25, 0.3) is 0 Å². The van der Waals surface area contributed by atoms with Gasteiger partial charge in [-0.15, -0.1) is 0 Å². The number of aromatic nitrogens is 2. The van der Waals surface area contributed by atoms with Crippen molar-refractivity contribution < 1.29 is 4.79 Å². The van der Waals surface area contributed by atoms with Gasteiger partial charge in [-0.25, -0.2) is 0 Å². The van der Waals surface area contributed by atoms with Crippen LogP contribution in [0, 0.1) is 12.3 Å². The topological polar surface area (TPSA) is 59.0 Å². The summed E-state index contributed by atoms with van der Waals surface area (Å²) in [4.78, 5) is 12.5. The monoisotopic (exact) mass is 250 g/mol. The number of anilines is 1. The van der Waals surface area contributed by atoms with Crippen molar-refractivity contribution in [3.8, 4) is 0 Å². The number of rotatable bonds is 3. The predicted octanol–water partition coefficient (Wildman–Crippen LogP) is 1.45. The lowest BCUT2D eigenvalue weighted by Crippen LogP contribution is -2.44. The maximum atomic E-state index is 12.5. The van der Waals surface area contributed by atoms with Gasteiger partial charge in [0, 0.05) is 13.2 Å². The van der Waals surface area contributed by atoms with Gasteiger partial charge in [-0.2, -0.15) is 5.10 Å². The first-order valence-corrected chi connectivity index (χ1v) is 6.60. The number of piperidine rings is 1. The zero-order valence-electron chi connectivity index (χ0n) is 11.4. The van der Waals surface area contributed by atoms with Gasteiger partial charge in [0.05, 0.1) is 16.8 Å². The standard InChI is InChI=1S/C13H22N4O/c1-4-13(5-7-14-8-6-13)12(18)15-11-9-17(3)16-10(11)2/h9,14H,4-8H2,1-3H3,(H,15,18). The summed E-state index contributed by atoms with van der Waals surface area (Å²) >= 11 is 0. The lowest BCUT2D eigenvalue weighted by Gasteiger charge is -2.35. The van der Waals surface area contributed by atoms with E-state index in [9.17, 15) is 4.79 Å². The lowest BCUT2D eigenvalue weighted by atomic mass is 9.76. The molecule has 1 aromatic rings. The highest BCUT2D eigenvalue weighted by atomic mass is 16.2. The van der Waals surface area contributed by atoms with E-state index < -0.39 is 0 Å². The van der Waals surface area contributed by atoms with Crippen LogP contribution in [0.4, 0.5) is 5.69 Å². The van der Waals surface area contributed by atoms with Crippen LogP contribution >= 0.6 is 0 Å². The van der Waals surface area contributed by atoms with E-state index in [1.807, 2.05) is 20.2 Å². The summed E-state index contributed by atoms with van der Waals surface area (Å²) in [6.07, 6.45) is 4.57. The first kappa shape index (κ1) is 13.1. The van der Waals surface area contributed by atoms with E-state index in [0.29, 0.717) is 0 Å². The van der Waals surface area contributed by atoms with Gasteiger partial charge in [0.1, 0.15) is 0 Å². The number of amides is 1. The quantitative estimate of drug-likeness (QED) is 0.853. The van der Waals surface area contributed by atoms with Crippen molar-refractivity contribution in [3.05, 3.63) is 11.9 Å². The Kier molecular flexibility index (Phi) is 3.71. The van der Waals surface area contributed by atoms with Crippen LogP contribution in [-0.2, 0) is 11.8 Å². The number of hydrogen-bond donors (Lipinski definition) is 2. The predicted molar refractivity (Wildman–Crippen MR) is 71.4 cm³/mol. The number of carbonyl (C=O) groups excluding carboxylic acids is 1. The van der Waals surface area contributed by atoms with Crippen LogP contribution < -0.4 is 10.6 Å². The molecule has 0 bridgehead atoms. The van der Waals surface area contributed by atoms with Crippen LogP contribution in [0.5, 0.6) is 0 Å². The Morgan fingerprint density at radius 3 is 2.72 bits per heavy atom. The fourth-order valence-corrected chi connectivity index (χ4v) is 2.62. The van der Waals surface area contributed by atoms with E-state index in [-0.39, 0.29) is 11.3 Å². The van der Waals surface area contributed by atoms with Gasteiger partial charge in [-0.05, 0) is 39.3 Å². The normalized spacial score (nSPS) is 18.6. The minimum absolute atomic E-state index is 0.141. The minimum atomic E-state index is -0.215. The molecule has 1 saturated heterocycles. The molecule has 0 spiro atoms. The number of aryl methyl sites for hydroxylation is 2. The molecular weight excluding hydrogens is 228 g/mol. The van der Waals surface area contributed by atoms with Gasteiger partial charge in [0.15, 0.2) is 0 Å². The second kappa shape index (κ2) is 5.10. The van der Waals surface area contributed by atoms with Crippen molar-refractivity contribution in [2.45, 2.75) is 33.1 Å². The van der Waals surface area contributed by atoms with Gasteiger partial charge < -0.3 is 10.6 Å². The molecule has 100 valence electrons. The van der Waals surface area contributed by atoms with Crippen LogP contribution in [0.1, 0.15) is 31.9 Å². The summed E-state index contributed by atoms with van der Waals surface area (Å²) < 4.78 is 1.73. The van der Waals surface area contributed by atoms with Crippen LogP contribution in [0.15, 0.2) is 6.20 Å². The van der Waals surface area contributed by atoms with E-state index in [2.05, 4.69) is 22.7 Å². The highest BCUT2D eigenvalue weighted by Crippen LogP contribution is 2.34. The molecule has 5 heteroatoms. The van der Waals surface area contributed by atoms with E-state index >= 15 is 0 Å². The molecular formula is C13H22N4O. The highest BCUT2D eigenvalue weighted by Gasteiger charge is 2.37. The molecule has 2 heterocycles. The third-order valence-corrected chi connectivity index (χ3v) is 3.98. The molecule has 1 aliphatic rings. The number of nitrogens with one attached hydrogen (secondary N) is 2. The van der Waals surface area contributed by atoms with Crippen molar-refractivity contribution in [2.24, 2.45) is 12.5 Å². The Balaban J connectivity index is 2.12. The van der Waals surface area contributed by atoms with Crippen molar-refractivity contribution in [2.75, 3.05) is 18.4 Å². The molecule has 0 aromatic carbocycles. The first-order valence-electron chi connectivity index (χ1n) is 6.60. The van der Waals surface area contributed by atoms with Crippen molar-refractivity contribution in [3.63, 3.8) is 0 Å². The SMILES string of the molecule is CCC1(C(=O)Nc2cn(C)nc2C)CCNCC1. The Hall–Kier alpha value is -1.36. The molecule has 1 aromatic heterocycles. The third kappa shape index (κ3) is 2.41. The van der Waals surface area contributed by atoms with Crippen LogP contribution in [-0.4, -0.2) is 28.8 Å². The molecule has 1 amide bonds. The zero-order chi connectivity index (χ0) is 13.2. The zero-order valence-corrected chi connectivity index (χ0v) is 11.4. The van der Waals surface area contributed by atoms with E-state index in [1.54, 1.807) is 4.68 Å². The Labute approximate surface area is 108 Å². The van der Waals surface area contributed by atoms with Gasteiger partial charge in [-0.1, -0.05) is 6.92 Å². The lowest BCUT2D eigenvalue weighted by molar-refractivity contribution is -0.127. The van der Waals surface area contributed by atoms with Gasteiger partial charge in [-0.3, -0.25) is 9.48 Å². The molecule has 2 rings (SSSR count). The molecule has 0 atom stereocenters. The summed E-state index contributed by atoms with van der Waals surface area (Å²) in [6, 6.07) is 0.